The number of aromatic nitrogens is 2. The van der Waals surface area contributed by atoms with Crippen molar-refractivity contribution < 1.29 is 18.7 Å². The van der Waals surface area contributed by atoms with Crippen LogP contribution in [0.25, 0.3) is 0 Å². The molecule has 0 saturated heterocycles. The van der Waals surface area contributed by atoms with E-state index in [0.717, 1.165) is 0 Å². The van der Waals surface area contributed by atoms with Crippen molar-refractivity contribution in [2.75, 3.05) is 20.2 Å². The summed E-state index contributed by atoms with van der Waals surface area (Å²) in [6, 6.07) is 0. The number of carbonyl (C=O) groups is 1. The van der Waals surface area contributed by atoms with Gasteiger partial charge in [-0.1, -0.05) is 13.8 Å². The molecule has 0 aliphatic heterocycles. The molecule has 0 bridgehead atoms. The van der Waals surface area contributed by atoms with Gasteiger partial charge in [-0.25, -0.2) is 8.78 Å². The zero-order chi connectivity index (χ0) is 14.6. The second kappa shape index (κ2) is 6.60. The van der Waals surface area contributed by atoms with Crippen LogP contribution in [-0.4, -0.2) is 45.9 Å². The molecule has 0 atom stereocenters. The molecule has 7 heteroatoms. The Bertz CT molecular complexity index is 433. The van der Waals surface area contributed by atoms with E-state index in [2.05, 4.69) is 5.10 Å². The highest BCUT2D eigenvalue weighted by atomic mass is 19.3. The number of aliphatic hydroxyl groups excluding tert-OH is 1. The zero-order valence-electron chi connectivity index (χ0n) is 11.3. The van der Waals surface area contributed by atoms with Crippen LogP contribution in [-0.2, 0) is 6.54 Å². The normalized spacial score (nSPS) is 11.4. The number of hydrogen-bond acceptors (Lipinski definition) is 3. The lowest BCUT2D eigenvalue weighted by molar-refractivity contribution is 0.0752. The van der Waals surface area contributed by atoms with Crippen LogP contribution in [0, 0.1) is 5.92 Å². The summed E-state index contributed by atoms with van der Waals surface area (Å²) in [6.45, 7) is 3.98. The van der Waals surface area contributed by atoms with Gasteiger partial charge in [0.1, 0.15) is 5.69 Å². The molecule has 0 aliphatic rings. The van der Waals surface area contributed by atoms with E-state index in [-0.39, 0.29) is 30.3 Å². The predicted octanol–water partition coefficient (Wildman–Crippen LogP) is 1.54. The number of rotatable bonds is 6. The molecular formula is C12H19F2N3O2. The van der Waals surface area contributed by atoms with E-state index in [9.17, 15) is 13.6 Å². The maximum Gasteiger partial charge on any atom is 0.280 e. The number of likely N-dealkylation sites (N-methyl/N-ethyl adjacent to an activating group) is 1. The van der Waals surface area contributed by atoms with Crippen LogP contribution in [0.1, 0.15) is 36.3 Å². The number of amides is 1. The smallest absolute Gasteiger partial charge is 0.280 e. The van der Waals surface area contributed by atoms with Gasteiger partial charge in [-0.05, 0) is 5.92 Å². The molecule has 1 heterocycles. The number of nitrogens with zero attached hydrogens (tertiary/aromatic N) is 3. The molecule has 1 amide bonds. The van der Waals surface area contributed by atoms with Gasteiger partial charge in [-0.15, -0.1) is 0 Å². The van der Waals surface area contributed by atoms with Gasteiger partial charge in [-0.3, -0.25) is 9.48 Å². The number of halogens is 2. The lowest BCUT2D eigenvalue weighted by Gasteiger charge is -2.16. The van der Waals surface area contributed by atoms with Crippen LogP contribution in [0.4, 0.5) is 8.78 Å². The van der Waals surface area contributed by atoms with Crippen molar-refractivity contribution >= 4 is 5.91 Å². The molecular weight excluding hydrogens is 256 g/mol. The summed E-state index contributed by atoms with van der Waals surface area (Å²) in [6.07, 6.45) is -1.59. The Morgan fingerprint density at radius 2 is 2.16 bits per heavy atom. The van der Waals surface area contributed by atoms with Crippen LogP contribution in [0.3, 0.4) is 0 Å². The van der Waals surface area contributed by atoms with E-state index in [1.54, 1.807) is 0 Å². The topological polar surface area (TPSA) is 58.4 Å². The number of hydrogen-bond donors (Lipinski definition) is 1. The van der Waals surface area contributed by atoms with Gasteiger partial charge in [0.25, 0.3) is 12.3 Å². The minimum absolute atomic E-state index is 0.0941. The van der Waals surface area contributed by atoms with Crippen molar-refractivity contribution in [3.63, 3.8) is 0 Å². The average molecular weight is 275 g/mol. The first-order chi connectivity index (χ1) is 8.88. The van der Waals surface area contributed by atoms with Gasteiger partial charge in [0.15, 0.2) is 0 Å². The molecule has 1 rings (SSSR count). The molecule has 108 valence electrons. The molecule has 0 aromatic carbocycles. The minimum Gasteiger partial charge on any atom is -0.395 e. The van der Waals surface area contributed by atoms with Gasteiger partial charge in [0.2, 0.25) is 0 Å². The quantitative estimate of drug-likeness (QED) is 0.856. The molecule has 5 nitrogen and oxygen atoms in total. The zero-order valence-corrected chi connectivity index (χ0v) is 11.3. The molecule has 0 saturated carbocycles. The monoisotopic (exact) mass is 275 g/mol. The summed E-state index contributed by atoms with van der Waals surface area (Å²) in [7, 11) is 1.45. The third-order valence-corrected chi connectivity index (χ3v) is 2.64. The van der Waals surface area contributed by atoms with Crippen molar-refractivity contribution in [2.24, 2.45) is 5.92 Å². The van der Waals surface area contributed by atoms with Crippen LogP contribution in [0.5, 0.6) is 0 Å². The van der Waals surface area contributed by atoms with E-state index in [4.69, 9.17) is 5.11 Å². The van der Waals surface area contributed by atoms with Gasteiger partial charge in [0.05, 0.1) is 18.4 Å². The third-order valence-electron chi connectivity index (χ3n) is 2.64. The van der Waals surface area contributed by atoms with Gasteiger partial charge in [0, 0.05) is 20.1 Å². The van der Waals surface area contributed by atoms with Gasteiger partial charge in [-0.2, -0.15) is 5.10 Å². The maximum atomic E-state index is 13.1. The fourth-order valence-electron chi connectivity index (χ4n) is 1.74. The molecule has 0 spiro atoms. The highest BCUT2D eigenvalue weighted by Crippen LogP contribution is 2.24. The van der Waals surface area contributed by atoms with Gasteiger partial charge < -0.3 is 10.0 Å². The Kier molecular flexibility index (Phi) is 5.41. The molecule has 0 fully saturated rings. The highest BCUT2D eigenvalue weighted by molar-refractivity contribution is 5.95. The lowest BCUT2D eigenvalue weighted by Crippen LogP contribution is -2.30. The third kappa shape index (κ3) is 3.73. The SMILES string of the molecule is CC(C)Cn1ncc(C(=O)N(C)CCO)c1C(F)F. The molecule has 1 aromatic rings. The van der Waals surface area contributed by atoms with Crippen LogP contribution in [0.2, 0.25) is 0 Å². The lowest BCUT2D eigenvalue weighted by atomic mass is 10.2. The van der Waals surface area contributed by atoms with Crippen molar-refractivity contribution in [3.05, 3.63) is 17.5 Å². The Morgan fingerprint density at radius 3 is 2.63 bits per heavy atom. The number of aliphatic hydroxyl groups is 1. The van der Waals surface area contributed by atoms with Crippen molar-refractivity contribution in [1.29, 1.82) is 0 Å². The van der Waals surface area contributed by atoms with E-state index >= 15 is 0 Å². The van der Waals surface area contributed by atoms with Crippen molar-refractivity contribution in [3.8, 4) is 0 Å². The summed E-state index contributed by atoms with van der Waals surface area (Å²) in [5.41, 5.74) is -0.463. The molecule has 0 radical (unpaired) electrons. The molecule has 1 N–H and O–H groups in total. The summed E-state index contributed by atoms with van der Waals surface area (Å²) < 4.78 is 27.4. The molecule has 0 aliphatic carbocycles. The standard InChI is InChI=1S/C12H19F2N3O2/c1-8(2)7-17-10(11(13)14)9(6-15-17)12(19)16(3)4-5-18/h6,8,11,18H,4-5,7H2,1-3H3. The predicted molar refractivity (Wildman–Crippen MR) is 66.1 cm³/mol. The Hall–Kier alpha value is -1.50. The first-order valence-corrected chi connectivity index (χ1v) is 6.08. The van der Waals surface area contributed by atoms with E-state index in [1.807, 2.05) is 13.8 Å². The minimum atomic E-state index is -2.76. The van der Waals surface area contributed by atoms with Crippen molar-refractivity contribution in [2.45, 2.75) is 26.8 Å². The first-order valence-electron chi connectivity index (χ1n) is 6.08. The second-order valence-electron chi connectivity index (χ2n) is 4.77. The Morgan fingerprint density at radius 1 is 1.53 bits per heavy atom. The van der Waals surface area contributed by atoms with E-state index in [0.29, 0.717) is 6.54 Å². The fraction of sp³-hybridized carbons (Fsp3) is 0.667. The van der Waals surface area contributed by atoms with Crippen LogP contribution < -0.4 is 0 Å². The van der Waals surface area contributed by atoms with Gasteiger partial charge >= 0.3 is 0 Å². The Balaban J connectivity index is 3.07. The molecule has 1 aromatic heterocycles. The summed E-state index contributed by atoms with van der Waals surface area (Å²) in [4.78, 5) is 13.2. The number of alkyl halides is 2. The highest BCUT2D eigenvalue weighted by Gasteiger charge is 2.26. The van der Waals surface area contributed by atoms with E-state index in [1.165, 1.54) is 22.8 Å². The second-order valence-corrected chi connectivity index (χ2v) is 4.77. The maximum absolute atomic E-state index is 13.1. The largest absolute Gasteiger partial charge is 0.395 e. The fourth-order valence-corrected chi connectivity index (χ4v) is 1.74. The molecule has 19 heavy (non-hydrogen) atoms. The van der Waals surface area contributed by atoms with Crippen LogP contribution in [0.15, 0.2) is 6.20 Å². The van der Waals surface area contributed by atoms with Crippen molar-refractivity contribution in [1.82, 2.24) is 14.7 Å². The molecule has 0 unspecified atom stereocenters. The summed E-state index contributed by atoms with van der Waals surface area (Å²) in [5.74, 6) is -0.408. The Labute approximate surface area is 110 Å². The first kappa shape index (κ1) is 15.6. The summed E-state index contributed by atoms with van der Waals surface area (Å²) in [5, 5.41) is 12.6. The van der Waals surface area contributed by atoms with E-state index < -0.39 is 12.3 Å². The van der Waals surface area contributed by atoms with Crippen LogP contribution >= 0.6 is 0 Å². The average Bonchev–Trinajstić information content (AvgIpc) is 2.71. The summed E-state index contributed by atoms with van der Waals surface area (Å²) >= 11 is 0. The number of carbonyl (C=O) groups excluding carboxylic acids is 1.